The second kappa shape index (κ2) is 6.30. The average Bonchev–Trinajstić information content (AvgIpc) is 3.17. The highest BCUT2D eigenvalue weighted by Crippen LogP contribution is 2.27. The molecule has 4 rings (SSSR count). The van der Waals surface area contributed by atoms with Crippen molar-refractivity contribution in [1.29, 1.82) is 0 Å². The van der Waals surface area contributed by atoms with E-state index in [4.69, 9.17) is 0 Å². The first-order valence-corrected chi connectivity index (χ1v) is 9.17. The lowest BCUT2D eigenvalue weighted by Crippen LogP contribution is -2.58. The number of carbonyl (C=O) groups excluding carboxylic acids is 3. The van der Waals surface area contributed by atoms with Gasteiger partial charge in [-0.25, -0.2) is 4.79 Å². The van der Waals surface area contributed by atoms with Crippen molar-refractivity contribution in [2.45, 2.75) is 38.4 Å². The van der Waals surface area contributed by atoms with Crippen LogP contribution in [0.2, 0.25) is 0 Å². The van der Waals surface area contributed by atoms with Crippen LogP contribution in [0.5, 0.6) is 0 Å². The molecule has 26 heavy (non-hydrogen) atoms. The summed E-state index contributed by atoms with van der Waals surface area (Å²) >= 11 is 0. The number of nitrogens with zero attached hydrogens (tertiary/aromatic N) is 4. The van der Waals surface area contributed by atoms with E-state index in [-0.39, 0.29) is 23.9 Å². The minimum Gasteiger partial charge on any atom is -0.342 e. The molecule has 138 valence electrons. The molecule has 0 aliphatic carbocycles. The zero-order valence-corrected chi connectivity index (χ0v) is 15.2. The first kappa shape index (κ1) is 16.9. The molecule has 0 unspecified atom stereocenters. The third-order valence-electron chi connectivity index (χ3n) is 5.65. The van der Waals surface area contributed by atoms with Crippen LogP contribution in [-0.2, 0) is 16.1 Å². The van der Waals surface area contributed by atoms with Gasteiger partial charge < -0.3 is 19.6 Å². The molecule has 0 radical (unpaired) electrons. The molecule has 3 fully saturated rings. The molecule has 3 saturated heterocycles. The number of hydrogen-bond acceptors (Lipinski definition) is 3. The number of benzene rings is 1. The minimum atomic E-state index is -0.403. The first-order valence-electron chi connectivity index (χ1n) is 9.17. The predicted molar refractivity (Wildman–Crippen MR) is 96.6 cm³/mol. The number of likely N-dealkylation sites (N-methyl/N-ethyl adjacent to an activating group) is 1. The molecule has 7 nitrogen and oxygen atoms in total. The highest BCUT2D eigenvalue weighted by Gasteiger charge is 2.46. The molecule has 3 aliphatic heterocycles. The van der Waals surface area contributed by atoms with Gasteiger partial charge in [-0.3, -0.25) is 9.59 Å². The average molecular weight is 356 g/mol. The maximum atomic E-state index is 12.8. The van der Waals surface area contributed by atoms with Gasteiger partial charge in [-0.15, -0.1) is 0 Å². The molecule has 4 amide bonds. The Bertz CT molecular complexity index is 748. The van der Waals surface area contributed by atoms with Gasteiger partial charge in [-0.05, 0) is 31.0 Å². The van der Waals surface area contributed by atoms with E-state index in [1.807, 2.05) is 34.1 Å². The summed E-state index contributed by atoms with van der Waals surface area (Å²) in [6.45, 7) is 4.31. The van der Waals surface area contributed by atoms with Gasteiger partial charge in [0, 0.05) is 45.3 Å². The summed E-state index contributed by atoms with van der Waals surface area (Å²) in [5, 5.41) is 0. The van der Waals surface area contributed by atoms with E-state index < -0.39 is 6.04 Å². The molecule has 2 atom stereocenters. The lowest BCUT2D eigenvalue weighted by atomic mass is 10.1. The molecule has 3 heterocycles. The number of fused-ring (bicyclic) bond motifs is 1. The van der Waals surface area contributed by atoms with Crippen LogP contribution in [0.15, 0.2) is 24.3 Å². The second-order valence-electron chi connectivity index (χ2n) is 7.43. The van der Waals surface area contributed by atoms with Gasteiger partial charge in [0.15, 0.2) is 0 Å². The van der Waals surface area contributed by atoms with Crippen molar-refractivity contribution in [2.24, 2.45) is 0 Å². The Morgan fingerprint density at radius 3 is 2.46 bits per heavy atom. The van der Waals surface area contributed by atoms with Crippen molar-refractivity contribution >= 4 is 23.5 Å². The first-order chi connectivity index (χ1) is 12.5. The number of carbonyl (C=O) groups is 3. The molecular formula is C19H24N4O3. The van der Waals surface area contributed by atoms with Gasteiger partial charge in [0.25, 0.3) is 0 Å². The normalized spacial score (nSPS) is 26.2. The number of rotatable bonds is 3. The summed E-state index contributed by atoms with van der Waals surface area (Å²) in [5.74, 6) is 0.170. The summed E-state index contributed by atoms with van der Waals surface area (Å²) in [5.41, 5.74) is 1.95. The van der Waals surface area contributed by atoms with Crippen LogP contribution in [0.1, 0.15) is 25.3 Å². The number of piperazine rings is 1. The zero-order chi connectivity index (χ0) is 18.4. The Morgan fingerprint density at radius 2 is 1.81 bits per heavy atom. The third kappa shape index (κ3) is 2.71. The van der Waals surface area contributed by atoms with Crippen LogP contribution >= 0.6 is 0 Å². The number of hydrogen-bond donors (Lipinski definition) is 0. The van der Waals surface area contributed by atoms with E-state index in [2.05, 4.69) is 0 Å². The predicted octanol–water partition coefficient (Wildman–Crippen LogP) is 1.28. The van der Waals surface area contributed by atoms with Gasteiger partial charge in [0.05, 0.1) is 6.04 Å². The Balaban J connectivity index is 1.45. The minimum absolute atomic E-state index is 0.00363. The molecule has 1 aromatic rings. The summed E-state index contributed by atoms with van der Waals surface area (Å²) in [6.07, 6.45) is 1.53. The molecule has 0 bridgehead atoms. The van der Waals surface area contributed by atoms with E-state index in [1.165, 1.54) is 0 Å². The largest absolute Gasteiger partial charge is 0.342 e. The Hall–Kier alpha value is -2.57. The molecule has 0 aromatic heterocycles. The maximum Gasteiger partial charge on any atom is 0.321 e. The number of anilines is 1. The molecule has 3 aliphatic rings. The van der Waals surface area contributed by atoms with Gasteiger partial charge in [0.2, 0.25) is 11.8 Å². The Labute approximate surface area is 153 Å². The van der Waals surface area contributed by atoms with Crippen molar-refractivity contribution < 1.29 is 14.4 Å². The highest BCUT2D eigenvalue weighted by atomic mass is 16.2. The molecular weight excluding hydrogens is 332 g/mol. The monoisotopic (exact) mass is 356 g/mol. The summed E-state index contributed by atoms with van der Waals surface area (Å²) in [7, 11) is 1.79. The summed E-state index contributed by atoms with van der Waals surface area (Å²) in [4.78, 5) is 43.8. The van der Waals surface area contributed by atoms with E-state index in [1.54, 1.807) is 23.8 Å². The smallest absolute Gasteiger partial charge is 0.321 e. The van der Waals surface area contributed by atoms with Crippen LogP contribution in [0.25, 0.3) is 0 Å². The van der Waals surface area contributed by atoms with E-state index in [9.17, 15) is 14.4 Å². The third-order valence-corrected chi connectivity index (χ3v) is 5.65. The van der Waals surface area contributed by atoms with E-state index >= 15 is 0 Å². The van der Waals surface area contributed by atoms with Gasteiger partial charge in [-0.2, -0.15) is 0 Å². The van der Waals surface area contributed by atoms with Crippen molar-refractivity contribution in [1.82, 2.24) is 14.7 Å². The fourth-order valence-electron chi connectivity index (χ4n) is 4.27. The van der Waals surface area contributed by atoms with Crippen molar-refractivity contribution in [3.63, 3.8) is 0 Å². The van der Waals surface area contributed by atoms with Crippen molar-refractivity contribution in [3.8, 4) is 0 Å². The lowest BCUT2D eigenvalue weighted by Gasteiger charge is -2.38. The van der Waals surface area contributed by atoms with E-state index in [0.717, 1.165) is 24.2 Å². The van der Waals surface area contributed by atoms with Crippen LogP contribution in [0, 0.1) is 0 Å². The fraction of sp³-hybridized carbons (Fsp3) is 0.526. The summed E-state index contributed by atoms with van der Waals surface area (Å²) in [6, 6.07) is 7.45. The molecule has 7 heteroatoms. The van der Waals surface area contributed by atoms with Crippen molar-refractivity contribution in [3.05, 3.63) is 29.8 Å². The zero-order valence-electron chi connectivity index (χ0n) is 15.2. The molecule has 0 spiro atoms. The van der Waals surface area contributed by atoms with Crippen molar-refractivity contribution in [2.75, 3.05) is 31.6 Å². The lowest BCUT2D eigenvalue weighted by molar-refractivity contribution is -0.139. The molecule has 1 aromatic carbocycles. The summed E-state index contributed by atoms with van der Waals surface area (Å²) < 4.78 is 0. The highest BCUT2D eigenvalue weighted by molar-refractivity contribution is 5.95. The molecule has 0 saturated carbocycles. The fourth-order valence-corrected chi connectivity index (χ4v) is 4.27. The molecule has 0 N–H and O–H groups in total. The standard InChI is InChI=1S/C19H24N4O3/c1-13-18(25)20(2)11-16-12-21(19(26)23(13)16)10-14-5-7-15(8-6-14)22-9-3-4-17(22)24/h5-8,13,16H,3-4,9-12H2,1-2H3/t13-,16+/m0/s1. The SMILES string of the molecule is C[C@H]1C(=O)N(C)C[C@@H]2CN(Cc3ccc(N4CCCC4=O)cc3)C(=O)N21. The van der Waals surface area contributed by atoms with Crippen LogP contribution in [0.3, 0.4) is 0 Å². The van der Waals surface area contributed by atoms with E-state index in [0.29, 0.717) is 26.1 Å². The second-order valence-corrected chi connectivity index (χ2v) is 7.43. The van der Waals surface area contributed by atoms with Gasteiger partial charge in [-0.1, -0.05) is 12.1 Å². The Morgan fingerprint density at radius 1 is 1.08 bits per heavy atom. The van der Waals surface area contributed by atoms with Gasteiger partial charge >= 0.3 is 6.03 Å². The van der Waals surface area contributed by atoms with Crippen LogP contribution in [-0.4, -0.2) is 71.3 Å². The van der Waals surface area contributed by atoms with Crippen LogP contribution < -0.4 is 4.90 Å². The number of urea groups is 1. The maximum absolute atomic E-state index is 12.8. The van der Waals surface area contributed by atoms with Gasteiger partial charge in [0.1, 0.15) is 6.04 Å². The number of amides is 4. The van der Waals surface area contributed by atoms with Crippen LogP contribution in [0.4, 0.5) is 10.5 Å². The Kier molecular flexibility index (Phi) is 4.09. The topological polar surface area (TPSA) is 64.2 Å². The quantitative estimate of drug-likeness (QED) is 0.820.